The Morgan fingerprint density at radius 3 is 2.38 bits per heavy atom. The summed E-state index contributed by atoms with van der Waals surface area (Å²) in [4.78, 5) is 26.9. The number of para-hydroxylation sites is 1. The monoisotopic (exact) mass is 397 g/mol. The predicted molar refractivity (Wildman–Crippen MR) is 114 cm³/mol. The van der Waals surface area contributed by atoms with Gasteiger partial charge < -0.3 is 15.5 Å². The average molecular weight is 397 g/mol. The fourth-order valence-corrected chi connectivity index (χ4v) is 3.43. The second kappa shape index (κ2) is 9.88. The van der Waals surface area contributed by atoms with Crippen molar-refractivity contribution in [2.75, 3.05) is 56.0 Å². The second-order valence-corrected chi connectivity index (χ2v) is 7.13. The van der Waals surface area contributed by atoms with Crippen LogP contribution in [0.4, 0.5) is 17.1 Å². The van der Waals surface area contributed by atoms with E-state index in [9.17, 15) is 14.9 Å². The number of amides is 1. The fraction of sp³-hybridized carbons (Fsp3) is 0.381. The maximum absolute atomic E-state index is 12.2. The number of nitrogens with one attached hydrogen (secondary N) is 2. The number of non-ortho nitro benzene ring substituents is 1. The molecule has 3 rings (SSSR count). The van der Waals surface area contributed by atoms with Gasteiger partial charge in [0.05, 0.1) is 11.5 Å². The molecule has 1 saturated heterocycles. The molecule has 1 heterocycles. The van der Waals surface area contributed by atoms with Crippen LogP contribution >= 0.6 is 0 Å². The van der Waals surface area contributed by atoms with Crippen LogP contribution in [0.5, 0.6) is 0 Å². The largest absolute Gasteiger partial charge is 0.383 e. The van der Waals surface area contributed by atoms with Crippen LogP contribution in [0.15, 0.2) is 48.5 Å². The van der Waals surface area contributed by atoms with E-state index in [1.807, 2.05) is 0 Å². The lowest BCUT2D eigenvalue weighted by molar-refractivity contribution is -0.384. The van der Waals surface area contributed by atoms with E-state index >= 15 is 0 Å². The maximum Gasteiger partial charge on any atom is 0.269 e. The molecular formula is C21H27N5O3. The van der Waals surface area contributed by atoms with E-state index in [1.54, 1.807) is 12.1 Å². The van der Waals surface area contributed by atoms with E-state index in [4.69, 9.17) is 0 Å². The van der Waals surface area contributed by atoms with Gasteiger partial charge in [-0.25, -0.2) is 0 Å². The normalized spacial score (nSPS) is 14.4. The Kier molecular flexibility index (Phi) is 7.02. The van der Waals surface area contributed by atoms with Gasteiger partial charge in [0.15, 0.2) is 0 Å². The van der Waals surface area contributed by atoms with Crippen LogP contribution in [0.1, 0.15) is 5.56 Å². The number of carbonyl (C=O) groups excluding carboxylic acids is 1. The third-order valence-corrected chi connectivity index (χ3v) is 5.05. The van der Waals surface area contributed by atoms with Gasteiger partial charge in [0.1, 0.15) is 0 Å². The van der Waals surface area contributed by atoms with Gasteiger partial charge in [-0.2, -0.15) is 0 Å². The van der Waals surface area contributed by atoms with Crippen molar-refractivity contribution < 1.29 is 9.72 Å². The summed E-state index contributed by atoms with van der Waals surface area (Å²) >= 11 is 0. The highest BCUT2D eigenvalue weighted by molar-refractivity contribution is 5.78. The molecule has 2 aromatic rings. The number of nitro groups is 1. The van der Waals surface area contributed by atoms with Crippen LogP contribution in [0.2, 0.25) is 0 Å². The molecule has 0 saturated carbocycles. The summed E-state index contributed by atoms with van der Waals surface area (Å²) in [6.45, 7) is 7.15. The van der Waals surface area contributed by atoms with E-state index in [2.05, 4.69) is 51.6 Å². The minimum absolute atomic E-state index is 0.0137. The van der Waals surface area contributed by atoms with Crippen LogP contribution in [0.25, 0.3) is 0 Å². The minimum atomic E-state index is -0.426. The lowest BCUT2D eigenvalue weighted by Gasteiger charge is -2.36. The minimum Gasteiger partial charge on any atom is -0.383 e. The van der Waals surface area contributed by atoms with Crippen molar-refractivity contribution in [1.29, 1.82) is 0 Å². The van der Waals surface area contributed by atoms with E-state index < -0.39 is 4.92 Å². The summed E-state index contributed by atoms with van der Waals surface area (Å²) in [6.07, 6.45) is 0. The number of benzene rings is 2. The predicted octanol–water partition coefficient (Wildman–Crippen LogP) is 2.25. The van der Waals surface area contributed by atoms with Crippen LogP contribution in [0, 0.1) is 17.0 Å². The summed E-state index contributed by atoms with van der Waals surface area (Å²) in [6, 6.07) is 14.6. The van der Waals surface area contributed by atoms with Crippen molar-refractivity contribution in [3.05, 3.63) is 64.2 Å². The van der Waals surface area contributed by atoms with Crippen molar-refractivity contribution in [1.82, 2.24) is 10.2 Å². The highest BCUT2D eigenvalue weighted by atomic mass is 16.6. The zero-order valence-corrected chi connectivity index (χ0v) is 16.6. The third kappa shape index (κ3) is 5.92. The molecule has 0 aliphatic carbocycles. The van der Waals surface area contributed by atoms with Crippen molar-refractivity contribution in [2.24, 2.45) is 0 Å². The fourth-order valence-electron chi connectivity index (χ4n) is 3.43. The zero-order chi connectivity index (χ0) is 20.6. The van der Waals surface area contributed by atoms with Crippen molar-refractivity contribution >= 4 is 23.0 Å². The summed E-state index contributed by atoms with van der Waals surface area (Å²) in [5.74, 6) is 0.0137. The first-order valence-corrected chi connectivity index (χ1v) is 9.81. The number of nitro benzene ring substituents is 1. The summed E-state index contributed by atoms with van der Waals surface area (Å²) in [7, 11) is 0. The maximum atomic E-state index is 12.2. The number of anilines is 2. The Morgan fingerprint density at radius 2 is 1.72 bits per heavy atom. The first kappa shape index (κ1) is 20.6. The van der Waals surface area contributed by atoms with Gasteiger partial charge in [0, 0.05) is 62.8 Å². The summed E-state index contributed by atoms with van der Waals surface area (Å²) in [5, 5.41) is 16.7. The Morgan fingerprint density at radius 1 is 1.03 bits per heavy atom. The topological polar surface area (TPSA) is 90.8 Å². The number of hydrogen-bond acceptors (Lipinski definition) is 6. The molecule has 8 nitrogen and oxygen atoms in total. The van der Waals surface area contributed by atoms with Gasteiger partial charge in [0.2, 0.25) is 5.91 Å². The van der Waals surface area contributed by atoms with E-state index in [1.165, 1.54) is 23.4 Å². The molecule has 0 spiro atoms. The molecule has 0 unspecified atom stereocenters. The van der Waals surface area contributed by atoms with E-state index in [-0.39, 0.29) is 11.6 Å². The van der Waals surface area contributed by atoms with Crippen LogP contribution in [-0.2, 0) is 4.79 Å². The molecule has 0 bridgehead atoms. The van der Waals surface area contributed by atoms with Gasteiger partial charge in [0.25, 0.3) is 5.69 Å². The molecular weight excluding hydrogens is 370 g/mol. The van der Waals surface area contributed by atoms with Gasteiger partial charge >= 0.3 is 0 Å². The zero-order valence-electron chi connectivity index (χ0n) is 16.6. The van der Waals surface area contributed by atoms with Crippen molar-refractivity contribution in [2.45, 2.75) is 6.92 Å². The number of carbonyl (C=O) groups is 1. The molecule has 154 valence electrons. The molecule has 1 fully saturated rings. The van der Waals surface area contributed by atoms with Crippen LogP contribution < -0.4 is 15.5 Å². The molecule has 29 heavy (non-hydrogen) atoms. The number of rotatable bonds is 8. The van der Waals surface area contributed by atoms with Crippen LogP contribution in [-0.4, -0.2) is 61.5 Å². The van der Waals surface area contributed by atoms with Crippen molar-refractivity contribution in [3.63, 3.8) is 0 Å². The third-order valence-electron chi connectivity index (χ3n) is 5.05. The molecule has 0 radical (unpaired) electrons. The molecule has 0 atom stereocenters. The highest BCUT2D eigenvalue weighted by Gasteiger charge is 2.19. The standard InChI is InChI=1S/C21H27N5O3/c1-17-4-2-3-5-20(17)25-14-12-24(13-15-25)16-21(27)23-11-10-22-18-6-8-19(9-7-18)26(28)29/h2-9,22H,10-16H2,1H3,(H,23,27). The molecule has 2 aromatic carbocycles. The Balaban J connectivity index is 1.33. The average Bonchev–Trinajstić information content (AvgIpc) is 2.73. The Hall–Kier alpha value is -3.13. The Labute approximate surface area is 170 Å². The first-order chi connectivity index (χ1) is 14.0. The molecule has 2 N–H and O–H groups in total. The molecule has 0 aromatic heterocycles. The van der Waals surface area contributed by atoms with Gasteiger partial charge in [-0.3, -0.25) is 19.8 Å². The SMILES string of the molecule is Cc1ccccc1N1CCN(CC(=O)NCCNc2ccc([N+](=O)[O-])cc2)CC1. The quantitative estimate of drug-likeness (QED) is 0.403. The van der Waals surface area contributed by atoms with Crippen molar-refractivity contribution in [3.8, 4) is 0 Å². The number of piperazine rings is 1. The van der Waals surface area contributed by atoms with Crippen LogP contribution in [0.3, 0.4) is 0 Å². The lowest BCUT2D eigenvalue weighted by atomic mass is 10.1. The first-order valence-electron chi connectivity index (χ1n) is 9.81. The molecule has 1 aliphatic rings. The number of nitrogens with zero attached hydrogens (tertiary/aromatic N) is 3. The second-order valence-electron chi connectivity index (χ2n) is 7.13. The van der Waals surface area contributed by atoms with Gasteiger partial charge in [-0.05, 0) is 30.7 Å². The van der Waals surface area contributed by atoms with E-state index in [0.29, 0.717) is 19.6 Å². The van der Waals surface area contributed by atoms with E-state index in [0.717, 1.165) is 31.9 Å². The highest BCUT2D eigenvalue weighted by Crippen LogP contribution is 2.20. The van der Waals surface area contributed by atoms with Gasteiger partial charge in [-0.15, -0.1) is 0 Å². The molecule has 1 aliphatic heterocycles. The van der Waals surface area contributed by atoms with Gasteiger partial charge in [-0.1, -0.05) is 18.2 Å². The summed E-state index contributed by atoms with van der Waals surface area (Å²) in [5.41, 5.74) is 3.40. The number of aryl methyl sites for hydroxylation is 1. The smallest absolute Gasteiger partial charge is 0.269 e. The Bertz CT molecular complexity index is 832. The molecule has 1 amide bonds. The molecule has 8 heteroatoms. The lowest BCUT2D eigenvalue weighted by Crippen LogP contribution is -2.50. The summed E-state index contributed by atoms with van der Waals surface area (Å²) < 4.78 is 0. The number of hydrogen-bond donors (Lipinski definition) is 2.